The lowest BCUT2D eigenvalue weighted by Crippen LogP contribution is -2.64. The Balaban J connectivity index is 1.76. The molecular formula is C26H37NO5. The van der Waals surface area contributed by atoms with Crippen LogP contribution in [0.2, 0.25) is 0 Å². The van der Waals surface area contributed by atoms with Gasteiger partial charge < -0.3 is 19.5 Å². The quantitative estimate of drug-likeness (QED) is 0.533. The van der Waals surface area contributed by atoms with E-state index in [9.17, 15) is 16.1 Å². The molecule has 1 N–H and O–H groups in total. The van der Waals surface area contributed by atoms with Crippen LogP contribution < -0.4 is 0 Å². The van der Waals surface area contributed by atoms with Crippen molar-refractivity contribution in [1.82, 2.24) is 4.90 Å². The van der Waals surface area contributed by atoms with Crippen molar-refractivity contribution in [2.45, 2.75) is 82.4 Å². The Morgan fingerprint density at radius 2 is 1.78 bits per heavy atom. The van der Waals surface area contributed by atoms with Crippen molar-refractivity contribution in [3.63, 3.8) is 0 Å². The number of hydrogen-bond donors (Lipinski definition) is 1. The summed E-state index contributed by atoms with van der Waals surface area (Å²) in [7, 11) is 0. The standard InChI is InChI=1S/C26H37NO5/c28-18-24(29)27-16-15-22(23-14-8-9-17-31-23)26(27,21-12-6-1-2-7-13-21)25(30)32-19-20-10-4-3-5-11-20/h3-5,10-11,21-23,28H,1-2,6-9,12-19H2/t22?,23?,26-/m0/s1/i23D. The summed E-state index contributed by atoms with van der Waals surface area (Å²) in [6.45, 7) is 0.297. The predicted molar refractivity (Wildman–Crippen MR) is 121 cm³/mol. The van der Waals surface area contributed by atoms with Crippen LogP contribution in [0.25, 0.3) is 0 Å². The lowest BCUT2D eigenvalue weighted by Gasteiger charge is -2.47. The molecule has 1 aromatic rings. The normalized spacial score (nSPS) is 32.2. The van der Waals surface area contributed by atoms with Crippen LogP contribution in [-0.2, 0) is 25.7 Å². The third-order valence-corrected chi connectivity index (χ3v) is 7.57. The summed E-state index contributed by atoms with van der Waals surface area (Å²) in [5, 5.41) is 9.81. The number of esters is 1. The summed E-state index contributed by atoms with van der Waals surface area (Å²) in [5.74, 6) is -1.49. The van der Waals surface area contributed by atoms with Crippen molar-refractivity contribution < 1.29 is 25.5 Å². The van der Waals surface area contributed by atoms with E-state index in [2.05, 4.69) is 0 Å². The summed E-state index contributed by atoms with van der Waals surface area (Å²) in [6.07, 6.45) is 7.38. The van der Waals surface area contributed by atoms with E-state index in [1.54, 1.807) is 4.90 Å². The molecule has 3 atom stereocenters. The Bertz CT molecular complexity index is 804. The molecule has 1 aromatic carbocycles. The first-order valence-electron chi connectivity index (χ1n) is 12.8. The maximum atomic E-state index is 14.1. The van der Waals surface area contributed by atoms with Crippen LogP contribution in [0.3, 0.4) is 0 Å². The van der Waals surface area contributed by atoms with Crippen molar-refractivity contribution in [2.24, 2.45) is 11.8 Å². The number of amides is 1. The smallest absolute Gasteiger partial charge is 0.333 e. The number of ether oxygens (including phenoxy) is 2. The number of aliphatic hydroxyl groups is 1. The molecule has 32 heavy (non-hydrogen) atoms. The molecule has 0 radical (unpaired) electrons. The number of benzene rings is 1. The molecule has 3 aliphatic rings. The van der Waals surface area contributed by atoms with Gasteiger partial charge in [-0.05, 0) is 50.0 Å². The van der Waals surface area contributed by atoms with E-state index >= 15 is 0 Å². The summed E-state index contributed by atoms with van der Waals surface area (Å²) in [4.78, 5) is 28.7. The van der Waals surface area contributed by atoms with E-state index < -0.39 is 36.0 Å². The second-order valence-corrected chi connectivity index (χ2v) is 9.39. The van der Waals surface area contributed by atoms with Crippen molar-refractivity contribution in [1.29, 1.82) is 0 Å². The number of carbonyl (C=O) groups is 2. The first-order chi connectivity index (χ1) is 16.0. The molecule has 1 saturated carbocycles. The molecule has 4 rings (SSSR count). The average Bonchev–Trinajstić information content (AvgIpc) is 3.06. The Morgan fingerprint density at radius 1 is 1.06 bits per heavy atom. The molecule has 2 heterocycles. The molecule has 176 valence electrons. The number of nitrogens with zero attached hydrogens (tertiary/aromatic N) is 1. The Labute approximate surface area is 192 Å². The number of aliphatic hydroxyl groups excluding tert-OH is 1. The van der Waals surface area contributed by atoms with E-state index in [1.807, 2.05) is 30.3 Å². The Morgan fingerprint density at radius 3 is 2.44 bits per heavy atom. The van der Waals surface area contributed by atoms with E-state index in [4.69, 9.17) is 9.47 Å². The fourth-order valence-corrected chi connectivity index (χ4v) is 6.11. The van der Waals surface area contributed by atoms with Crippen LogP contribution >= 0.6 is 0 Å². The van der Waals surface area contributed by atoms with Gasteiger partial charge in [-0.1, -0.05) is 56.0 Å². The number of carbonyl (C=O) groups excluding carboxylic acids is 2. The molecule has 2 unspecified atom stereocenters. The molecule has 6 heteroatoms. The van der Waals surface area contributed by atoms with Crippen LogP contribution in [-0.4, -0.2) is 53.3 Å². The highest BCUT2D eigenvalue weighted by Gasteiger charge is 2.63. The highest BCUT2D eigenvalue weighted by molar-refractivity contribution is 5.90. The van der Waals surface area contributed by atoms with Crippen LogP contribution in [0.4, 0.5) is 0 Å². The molecule has 3 fully saturated rings. The molecule has 2 aliphatic heterocycles. The van der Waals surface area contributed by atoms with Gasteiger partial charge in [0.1, 0.15) is 18.8 Å². The molecule has 0 bridgehead atoms. The lowest BCUT2D eigenvalue weighted by molar-refractivity contribution is -0.177. The zero-order valence-electron chi connectivity index (χ0n) is 20.0. The Kier molecular flexibility index (Phi) is 7.39. The van der Waals surface area contributed by atoms with Gasteiger partial charge in [0.05, 0.1) is 7.45 Å². The van der Waals surface area contributed by atoms with E-state index in [0.717, 1.165) is 56.9 Å². The van der Waals surface area contributed by atoms with Gasteiger partial charge in [-0.25, -0.2) is 4.79 Å². The van der Waals surface area contributed by atoms with Gasteiger partial charge in [0.15, 0.2) is 0 Å². The van der Waals surface area contributed by atoms with Gasteiger partial charge >= 0.3 is 5.97 Å². The van der Waals surface area contributed by atoms with Gasteiger partial charge in [0.2, 0.25) is 5.91 Å². The molecule has 0 aromatic heterocycles. The minimum atomic E-state index is -1.28. The number of rotatable bonds is 6. The van der Waals surface area contributed by atoms with E-state index in [0.29, 0.717) is 26.0 Å². The molecule has 6 nitrogen and oxygen atoms in total. The SMILES string of the molecule is [2H]C1(C2CCN(C(=O)CO)[C@@]2(C(=O)OCc2ccccc2)C2CCCCCC2)CCCCO1. The van der Waals surface area contributed by atoms with Gasteiger partial charge in [-0.3, -0.25) is 4.79 Å². The maximum Gasteiger partial charge on any atom is 0.333 e. The highest BCUT2D eigenvalue weighted by Crippen LogP contribution is 2.50. The highest BCUT2D eigenvalue weighted by atomic mass is 16.5. The van der Waals surface area contributed by atoms with Crippen LogP contribution in [0.1, 0.15) is 71.1 Å². The van der Waals surface area contributed by atoms with Crippen LogP contribution in [0.5, 0.6) is 0 Å². The lowest BCUT2D eigenvalue weighted by atomic mass is 9.68. The van der Waals surface area contributed by atoms with Gasteiger partial charge in [-0.2, -0.15) is 0 Å². The minimum absolute atomic E-state index is 0.112. The van der Waals surface area contributed by atoms with Crippen molar-refractivity contribution in [2.75, 3.05) is 19.8 Å². The Hall–Kier alpha value is -1.92. The summed E-state index contributed by atoms with van der Waals surface area (Å²) < 4.78 is 21.3. The van der Waals surface area contributed by atoms with Crippen molar-refractivity contribution in [3.8, 4) is 0 Å². The predicted octanol–water partition coefficient (Wildman–Crippen LogP) is 3.85. The summed E-state index contributed by atoms with van der Waals surface area (Å²) in [5.41, 5.74) is -0.399. The third kappa shape index (κ3) is 4.58. The zero-order chi connectivity index (χ0) is 23.3. The summed E-state index contributed by atoms with van der Waals surface area (Å²) >= 11 is 0. The largest absolute Gasteiger partial charge is 0.459 e. The zero-order valence-corrected chi connectivity index (χ0v) is 19.0. The average molecular weight is 445 g/mol. The van der Waals surface area contributed by atoms with E-state index in [1.165, 1.54) is 0 Å². The monoisotopic (exact) mass is 444 g/mol. The molecule has 1 aliphatic carbocycles. The minimum Gasteiger partial charge on any atom is -0.459 e. The second kappa shape index (κ2) is 10.8. The molecule has 0 spiro atoms. The summed E-state index contributed by atoms with van der Waals surface area (Å²) in [6, 6.07) is 9.53. The maximum absolute atomic E-state index is 14.1. The first-order valence-corrected chi connectivity index (χ1v) is 12.3. The molecule has 2 saturated heterocycles. The van der Waals surface area contributed by atoms with Crippen molar-refractivity contribution >= 4 is 11.9 Å². The van der Waals surface area contributed by atoms with Crippen LogP contribution in [0.15, 0.2) is 30.3 Å². The van der Waals surface area contributed by atoms with Crippen LogP contribution in [0, 0.1) is 11.8 Å². The van der Waals surface area contributed by atoms with Gasteiger partial charge in [0, 0.05) is 19.1 Å². The topological polar surface area (TPSA) is 76.1 Å². The van der Waals surface area contributed by atoms with Crippen molar-refractivity contribution in [3.05, 3.63) is 35.9 Å². The first kappa shape index (κ1) is 21.9. The number of likely N-dealkylation sites (tertiary alicyclic amines) is 1. The third-order valence-electron chi connectivity index (χ3n) is 7.57. The number of hydrogen-bond acceptors (Lipinski definition) is 5. The fraction of sp³-hybridized carbons (Fsp3) is 0.692. The van der Waals surface area contributed by atoms with Gasteiger partial charge in [-0.15, -0.1) is 0 Å². The fourth-order valence-electron chi connectivity index (χ4n) is 6.11. The second-order valence-electron chi connectivity index (χ2n) is 9.39. The van der Waals surface area contributed by atoms with Gasteiger partial charge in [0.25, 0.3) is 0 Å². The van der Waals surface area contributed by atoms with E-state index in [-0.39, 0.29) is 12.5 Å². The molecular weight excluding hydrogens is 406 g/mol. The molecule has 1 amide bonds.